The van der Waals surface area contributed by atoms with Gasteiger partial charge in [0.05, 0.1) is 14.2 Å². The minimum absolute atomic E-state index is 0.303. The molecule has 5 heteroatoms. The summed E-state index contributed by atoms with van der Waals surface area (Å²) in [4.78, 5) is 2.62. The number of ether oxygens (including phenoxy) is 4. The molecule has 2 atom stereocenters. The van der Waals surface area contributed by atoms with E-state index in [1.165, 1.54) is 27.8 Å². The highest BCUT2D eigenvalue weighted by atomic mass is 16.7. The smallest absolute Gasteiger partial charge is 0.231 e. The molecule has 0 N–H and O–H groups in total. The van der Waals surface area contributed by atoms with Crippen LogP contribution in [0.2, 0.25) is 0 Å². The molecule has 5 nitrogen and oxygen atoms in total. The largest absolute Gasteiger partial charge is 0.493 e. The average molecular weight is 444 g/mol. The Bertz CT molecular complexity index is 1180. The highest BCUT2D eigenvalue weighted by Crippen LogP contribution is 2.53. The van der Waals surface area contributed by atoms with E-state index in [1.807, 2.05) is 0 Å². The Labute approximate surface area is 194 Å². The van der Waals surface area contributed by atoms with Crippen LogP contribution < -0.4 is 18.9 Å². The van der Waals surface area contributed by atoms with Crippen molar-refractivity contribution in [3.05, 3.63) is 82.4 Å². The molecule has 0 spiro atoms. The fraction of sp³-hybridized carbons (Fsp3) is 0.357. The molecule has 170 valence electrons. The predicted molar refractivity (Wildman–Crippen MR) is 126 cm³/mol. The van der Waals surface area contributed by atoms with Crippen LogP contribution in [0.25, 0.3) is 0 Å². The summed E-state index contributed by atoms with van der Waals surface area (Å²) in [5.74, 6) is 3.77. The summed E-state index contributed by atoms with van der Waals surface area (Å²) in [5.41, 5.74) is 6.77. The molecule has 0 aromatic heterocycles. The van der Waals surface area contributed by atoms with Crippen molar-refractivity contribution in [1.29, 1.82) is 0 Å². The molecule has 0 saturated carbocycles. The number of aryl methyl sites for hydroxylation is 1. The highest BCUT2D eigenvalue weighted by Gasteiger charge is 2.41. The van der Waals surface area contributed by atoms with Gasteiger partial charge in [0.1, 0.15) is 0 Å². The molecule has 6 rings (SSSR count). The number of rotatable bonds is 5. The molecule has 0 fully saturated rings. The molecule has 2 unspecified atom stereocenters. The fourth-order valence-corrected chi connectivity index (χ4v) is 5.91. The molecule has 3 aliphatic rings. The van der Waals surface area contributed by atoms with Gasteiger partial charge in [-0.15, -0.1) is 0 Å². The zero-order valence-corrected chi connectivity index (χ0v) is 19.2. The minimum atomic E-state index is 0.303. The lowest BCUT2D eigenvalue weighted by Crippen LogP contribution is -2.42. The highest BCUT2D eigenvalue weighted by molar-refractivity contribution is 5.56. The van der Waals surface area contributed by atoms with Gasteiger partial charge < -0.3 is 18.9 Å². The fourth-order valence-electron chi connectivity index (χ4n) is 5.91. The normalized spacial score (nSPS) is 20.5. The van der Waals surface area contributed by atoms with Crippen LogP contribution in [0.5, 0.6) is 23.0 Å². The van der Waals surface area contributed by atoms with Crippen molar-refractivity contribution in [1.82, 2.24) is 4.90 Å². The van der Waals surface area contributed by atoms with Crippen LogP contribution in [0.15, 0.2) is 54.6 Å². The van der Waals surface area contributed by atoms with E-state index < -0.39 is 0 Å². The summed E-state index contributed by atoms with van der Waals surface area (Å²) in [6.45, 7) is 2.18. The third-order valence-corrected chi connectivity index (χ3v) is 7.43. The second-order valence-electron chi connectivity index (χ2n) is 9.07. The number of benzene rings is 3. The molecule has 0 radical (unpaired) electrons. The zero-order valence-electron chi connectivity index (χ0n) is 19.2. The molecule has 3 aromatic carbocycles. The molecular weight excluding hydrogens is 414 g/mol. The summed E-state index contributed by atoms with van der Waals surface area (Å²) in [5, 5.41) is 0. The maximum atomic E-state index is 5.87. The maximum absolute atomic E-state index is 5.87. The van der Waals surface area contributed by atoms with Crippen LogP contribution >= 0.6 is 0 Å². The molecule has 33 heavy (non-hydrogen) atoms. The van der Waals surface area contributed by atoms with Crippen molar-refractivity contribution in [2.45, 2.75) is 37.8 Å². The van der Waals surface area contributed by atoms with E-state index in [0.717, 1.165) is 55.4 Å². The van der Waals surface area contributed by atoms with Crippen molar-refractivity contribution in [3.8, 4) is 23.0 Å². The molecule has 3 heterocycles. The van der Waals surface area contributed by atoms with Crippen LogP contribution in [0.3, 0.4) is 0 Å². The third-order valence-electron chi connectivity index (χ3n) is 7.43. The molecule has 3 aromatic rings. The first-order valence-corrected chi connectivity index (χ1v) is 11.7. The number of nitrogens with zero attached hydrogens (tertiary/aromatic N) is 1. The van der Waals surface area contributed by atoms with E-state index >= 15 is 0 Å². The summed E-state index contributed by atoms with van der Waals surface area (Å²) < 4.78 is 22.9. The number of fused-ring (bicyclic) bond motifs is 5. The minimum Gasteiger partial charge on any atom is -0.493 e. The Morgan fingerprint density at radius 1 is 0.939 bits per heavy atom. The monoisotopic (exact) mass is 443 g/mol. The van der Waals surface area contributed by atoms with Crippen molar-refractivity contribution in [2.24, 2.45) is 0 Å². The molecule has 3 aliphatic heterocycles. The maximum Gasteiger partial charge on any atom is 0.231 e. The summed E-state index contributed by atoms with van der Waals surface area (Å²) in [6, 6.07) is 19.8. The molecule has 0 amide bonds. The van der Waals surface area contributed by atoms with E-state index in [4.69, 9.17) is 18.9 Å². The standard InChI is InChI=1S/C28H29NO4/c1-30-24-11-10-20-21(9-8-18-6-4-3-5-7-18)27-22-15-26-25(32-17-33-26)14-19(22)12-13-29(27)16-23(20)28(24)31-2/h3-7,10-11,14-15,21,27H,8-9,12-13,16-17H2,1-2H3. The Hall–Kier alpha value is -3.18. The Balaban J connectivity index is 1.46. The van der Waals surface area contributed by atoms with Gasteiger partial charge in [-0.1, -0.05) is 36.4 Å². The summed E-state index contributed by atoms with van der Waals surface area (Å²) in [7, 11) is 3.46. The van der Waals surface area contributed by atoms with Crippen molar-refractivity contribution < 1.29 is 18.9 Å². The van der Waals surface area contributed by atoms with E-state index in [-0.39, 0.29) is 0 Å². The van der Waals surface area contributed by atoms with Gasteiger partial charge in [0.25, 0.3) is 0 Å². The predicted octanol–water partition coefficient (Wildman–Crippen LogP) is 5.26. The van der Waals surface area contributed by atoms with Crippen LogP contribution in [0, 0.1) is 0 Å². The van der Waals surface area contributed by atoms with Gasteiger partial charge in [0.15, 0.2) is 23.0 Å². The second kappa shape index (κ2) is 8.31. The first kappa shape index (κ1) is 20.4. The van der Waals surface area contributed by atoms with Crippen molar-refractivity contribution in [3.63, 3.8) is 0 Å². The second-order valence-corrected chi connectivity index (χ2v) is 9.07. The van der Waals surface area contributed by atoms with Gasteiger partial charge in [0, 0.05) is 30.6 Å². The first-order valence-electron chi connectivity index (χ1n) is 11.7. The van der Waals surface area contributed by atoms with Crippen LogP contribution in [-0.2, 0) is 19.4 Å². The number of hydrogen-bond acceptors (Lipinski definition) is 5. The van der Waals surface area contributed by atoms with Crippen LogP contribution in [0.1, 0.15) is 46.2 Å². The number of methoxy groups -OCH3 is 2. The lowest BCUT2D eigenvalue weighted by Gasteiger charge is -2.46. The van der Waals surface area contributed by atoms with Gasteiger partial charge in [-0.05, 0) is 59.7 Å². The van der Waals surface area contributed by atoms with E-state index in [2.05, 4.69) is 59.5 Å². The van der Waals surface area contributed by atoms with Gasteiger partial charge in [-0.3, -0.25) is 4.90 Å². The molecule has 0 aliphatic carbocycles. The molecule has 0 saturated heterocycles. The lowest BCUT2D eigenvalue weighted by molar-refractivity contribution is 0.127. The Morgan fingerprint density at radius 3 is 2.55 bits per heavy atom. The van der Waals surface area contributed by atoms with Crippen LogP contribution in [0.4, 0.5) is 0 Å². The van der Waals surface area contributed by atoms with Gasteiger partial charge in [-0.25, -0.2) is 0 Å². The van der Waals surface area contributed by atoms with Gasteiger partial charge in [-0.2, -0.15) is 0 Å². The van der Waals surface area contributed by atoms with E-state index in [9.17, 15) is 0 Å². The summed E-state index contributed by atoms with van der Waals surface area (Å²) >= 11 is 0. The quantitative estimate of drug-likeness (QED) is 0.538. The van der Waals surface area contributed by atoms with E-state index in [0.29, 0.717) is 18.8 Å². The van der Waals surface area contributed by atoms with Crippen molar-refractivity contribution in [2.75, 3.05) is 27.6 Å². The van der Waals surface area contributed by atoms with Gasteiger partial charge in [0.2, 0.25) is 6.79 Å². The topological polar surface area (TPSA) is 40.2 Å². The zero-order chi connectivity index (χ0) is 22.4. The first-order chi connectivity index (χ1) is 16.3. The Kier molecular flexibility index (Phi) is 5.14. The van der Waals surface area contributed by atoms with E-state index in [1.54, 1.807) is 14.2 Å². The number of hydrogen-bond donors (Lipinski definition) is 0. The third kappa shape index (κ3) is 3.42. The Morgan fingerprint density at radius 2 is 1.76 bits per heavy atom. The van der Waals surface area contributed by atoms with Crippen LogP contribution in [-0.4, -0.2) is 32.5 Å². The molecule has 0 bridgehead atoms. The van der Waals surface area contributed by atoms with Crippen molar-refractivity contribution >= 4 is 0 Å². The molecular formula is C28H29NO4. The average Bonchev–Trinajstić information content (AvgIpc) is 3.32. The summed E-state index contributed by atoms with van der Waals surface area (Å²) in [6.07, 6.45) is 3.10. The SMILES string of the molecule is COc1ccc2c(c1OC)CN1CCc3cc4c(cc3C1C2CCc1ccccc1)OCO4. The lowest BCUT2D eigenvalue weighted by atomic mass is 9.74. The van der Waals surface area contributed by atoms with Gasteiger partial charge >= 0.3 is 0 Å².